The van der Waals surface area contributed by atoms with E-state index in [-0.39, 0.29) is 12.4 Å². The predicted molar refractivity (Wildman–Crippen MR) is 87.9 cm³/mol. The van der Waals surface area contributed by atoms with Crippen molar-refractivity contribution in [1.29, 1.82) is 0 Å². The van der Waals surface area contributed by atoms with Gasteiger partial charge < -0.3 is 5.73 Å². The molecule has 1 aromatic heterocycles. The Kier molecular flexibility index (Phi) is 5.09. The van der Waals surface area contributed by atoms with E-state index in [1.165, 1.54) is 11.3 Å². The zero-order valence-corrected chi connectivity index (χ0v) is 13.6. The summed E-state index contributed by atoms with van der Waals surface area (Å²) < 4.78 is 15.0. The summed E-state index contributed by atoms with van der Waals surface area (Å²) in [5.74, 6) is 0. The Morgan fingerprint density at radius 2 is 2.29 bits per heavy atom. The molecular formula is C14H16Cl2FN3S. The highest BCUT2D eigenvalue weighted by Gasteiger charge is 2.39. The highest BCUT2D eigenvalue weighted by Crippen LogP contribution is 2.37. The number of aromatic nitrogens is 1. The zero-order chi connectivity index (χ0) is 14.2. The maximum absolute atomic E-state index is 15.0. The number of alkyl halides is 1. The molecule has 1 saturated heterocycles. The van der Waals surface area contributed by atoms with Crippen LogP contribution in [0.3, 0.4) is 0 Å². The van der Waals surface area contributed by atoms with Gasteiger partial charge in [-0.25, -0.2) is 9.37 Å². The Balaban J connectivity index is 0.00000161. The van der Waals surface area contributed by atoms with Crippen molar-refractivity contribution >= 4 is 40.5 Å². The first-order valence-corrected chi connectivity index (χ1v) is 7.62. The molecule has 1 aromatic carbocycles. The monoisotopic (exact) mass is 347 g/mol. The molecule has 1 aliphatic rings. The van der Waals surface area contributed by atoms with Crippen molar-refractivity contribution in [1.82, 2.24) is 9.88 Å². The highest BCUT2D eigenvalue weighted by atomic mass is 35.5. The van der Waals surface area contributed by atoms with Crippen molar-refractivity contribution in [3.63, 3.8) is 0 Å². The fraction of sp³-hybridized carbons (Fsp3) is 0.357. The fourth-order valence-corrected chi connectivity index (χ4v) is 3.52. The van der Waals surface area contributed by atoms with Crippen molar-refractivity contribution in [2.24, 2.45) is 0 Å². The van der Waals surface area contributed by atoms with Crippen LogP contribution in [-0.4, -0.2) is 23.0 Å². The lowest BCUT2D eigenvalue weighted by Crippen LogP contribution is -2.26. The number of hydrogen-bond donors (Lipinski definition) is 1. The first-order valence-electron chi connectivity index (χ1n) is 6.43. The average Bonchev–Trinajstić information content (AvgIpc) is 2.98. The standard InChI is InChI=1S/C14H15ClFN3S.ClH/c15-11-3-1-2-10(6-11)14(16)4-5-19(9-14)8-12-7-18-13(17)20-12;/h1-3,6-7H,4-5,8-9H2,(H2,17,18);1H. The van der Waals surface area contributed by atoms with Gasteiger partial charge in [0.25, 0.3) is 0 Å². The Labute approximate surface area is 138 Å². The van der Waals surface area contributed by atoms with Crippen LogP contribution in [0.1, 0.15) is 16.9 Å². The van der Waals surface area contributed by atoms with Crippen LogP contribution in [0.2, 0.25) is 5.02 Å². The predicted octanol–water partition coefficient (Wildman–Crippen LogP) is 3.87. The van der Waals surface area contributed by atoms with E-state index < -0.39 is 5.67 Å². The number of hydrogen-bond acceptors (Lipinski definition) is 4. The molecule has 1 fully saturated rings. The Hall–Kier alpha value is -0.880. The summed E-state index contributed by atoms with van der Waals surface area (Å²) in [4.78, 5) is 7.18. The molecule has 2 heterocycles. The van der Waals surface area contributed by atoms with Gasteiger partial charge in [-0.15, -0.1) is 23.7 Å². The molecule has 21 heavy (non-hydrogen) atoms. The van der Waals surface area contributed by atoms with Crippen LogP contribution in [-0.2, 0) is 12.2 Å². The van der Waals surface area contributed by atoms with Gasteiger partial charge in [0.15, 0.2) is 5.13 Å². The minimum Gasteiger partial charge on any atom is -0.375 e. The highest BCUT2D eigenvalue weighted by molar-refractivity contribution is 7.15. The van der Waals surface area contributed by atoms with Crippen molar-refractivity contribution in [3.8, 4) is 0 Å². The quantitative estimate of drug-likeness (QED) is 0.916. The molecule has 1 aliphatic heterocycles. The number of anilines is 1. The molecule has 7 heteroatoms. The van der Waals surface area contributed by atoms with E-state index in [1.54, 1.807) is 30.5 Å². The molecule has 0 saturated carbocycles. The third-order valence-electron chi connectivity index (χ3n) is 3.59. The first kappa shape index (κ1) is 16.5. The number of nitrogens with two attached hydrogens (primary N) is 1. The van der Waals surface area contributed by atoms with Crippen molar-refractivity contribution in [2.75, 3.05) is 18.8 Å². The van der Waals surface area contributed by atoms with Gasteiger partial charge in [0.2, 0.25) is 0 Å². The number of rotatable bonds is 3. The number of halogens is 3. The third kappa shape index (κ3) is 3.66. The van der Waals surface area contributed by atoms with Gasteiger partial charge in [0.05, 0.1) is 0 Å². The molecule has 1 unspecified atom stereocenters. The minimum absolute atomic E-state index is 0. The summed E-state index contributed by atoms with van der Waals surface area (Å²) in [5.41, 5.74) is 4.96. The molecule has 2 aromatic rings. The van der Waals surface area contributed by atoms with E-state index in [0.717, 1.165) is 11.4 Å². The summed E-state index contributed by atoms with van der Waals surface area (Å²) in [6, 6.07) is 7.09. The Morgan fingerprint density at radius 3 is 2.95 bits per heavy atom. The molecule has 0 spiro atoms. The summed E-state index contributed by atoms with van der Waals surface area (Å²) >= 11 is 7.41. The molecule has 1 atom stereocenters. The topological polar surface area (TPSA) is 42.1 Å². The van der Waals surface area contributed by atoms with Gasteiger partial charge >= 0.3 is 0 Å². The minimum atomic E-state index is -1.32. The molecule has 0 bridgehead atoms. The number of benzene rings is 1. The number of likely N-dealkylation sites (tertiary alicyclic amines) is 1. The van der Waals surface area contributed by atoms with Crippen molar-refractivity contribution in [2.45, 2.75) is 18.6 Å². The fourth-order valence-electron chi connectivity index (χ4n) is 2.60. The molecule has 114 valence electrons. The lowest BCUT2D eigenvalue weighted by molar-refractivity contribution is 0.165. The van der Waals surface area contributed by atoms with E-state index in [4.69, 9.17) is 17.3 Å². The largest absolute Gasteiger partial charge is 0.375 e. The van der Waals surface area contributed by atoms with E-state index in [9.17, 15) is 0 Å². The van der Waals surface area contributed by atoms with Crippen LogP contribution in [0.25, 0.3) is 0 Å². The molecule has 3 nitrogen and oxygen atoms in total. The molecule has 3 rings (SSSR count). The molecular weight excluding hydrogens is 332 g/mol. The van der Waals surface area contributed by atoms with Crippen LogP contribution in [0.5, 0.6) is 0 Å². The molecule has 2 N–H and O–H groups in total. The lowest BCUT2D eigenvalue weighted by atomic mass is 9.95. The van der Waals surface area contributed by atoms with E-state index in [2.05, 4.69) is 9.88 Å². The van der Waals surface area contributed by atoms with Gasteiger partial charge in [-0.05, 0) is 24.1 Å². The second-order valence-corrected chi connectivity index (χ2v) is 6.68. The summed E-state index contributed by atoms with van der Waals surface area (Å²) in [6.45, 7) is 1.80. The molecule has 0 amide bonds. The van der Waals surface area contributed by atoms with Crippen molar-refractivity contribution in [3.05, 3.63) is 45.9 Å². The van der Waals surface area contributed by atoms with E-state index >= 15 is 4.39 Å². The van der Waals surface area contributed by atoms with Gasteiger partial charge in [-0.3, -0.25) is 4.90 Å². The van der Waals surface area contributed by atoms with Crippen molar-refractivity contribution < 1.29 is 4.39 Å². The van der Waals surface area contributed by atoms with Gasteiger partial charge in [-0.2, -0.15) is 0 Å². The second-order valence-electron chi connectivity index (χ2n) is 5.10. The zero-order valence-electron chi connectivity index (χ0n) is 11.3. The second kappa shape index (κ2) is 6.48. The maximum atomic E-state index is 15.0. The number of nitrogen functional groups attached to an aromatic ring is 1. The lowest BCUT2D eigenvalue weighted by Gasteiger charge is -2.21. The van der Waals surface area contributed by atoms with Crippen LogP contribution in [0.15, 0.2) is 30.5 Å². The third-order valence-corrected chi connectivity index (χ3v) is 4.64. The summed E-state index contributed by atoms with van der Waals surface area (Å²) in [7, 11) is 0. The Morgan fingerprint density at radius 1 is 1.48 bits per heavy atom. The normalized spacial score (nSPS) is 22.2. The van der Waals surface area contributed by atoms with Gasteiger partial charge in [-0.1, -0.05) is 23.7 Å². The Bertz CT molecular complexity index is 622. The SMILES string of the molecule is Cl.Nc1ncc(CN2CCC(F)(c3cccc(Cl)c3)C2)s1. The average molecular weight is 348 g/mol. The smallest absolute Gasteiger partial charge is 0.180 e. The van der Waals surface area contributed by atoms with Gasteiger partial charge in [0.1, 0.15) is 5.67 Å². The molecule has 0 aliphatic carbocycles. The summed E-state index contributed by atoms with van der Waals surface area (Å²) in [6.07, 6.45) is 2.25. The maximum Gasteiger partial charge on any atom is 0.180 e. The first-order chi connectivity index (χ1) is 9.55. The van der Waals surface area contributed by atoms with Crippen LogP contribution < -0.4 is 5.73 Å². The van der Waals surface area contributed by atoms with Gasteiger partial charge in [0, 0.05) is 35.7 Å². The number of nitrogens with zero attached hydrogens (tertiary/aromatic N) is 2. The van der Waals surface area contributed by atoms with E-state index in [1.807, 2.05) is 0 Å². The number of thiazole rings is 1. The van der Waals surface area contributed by atoms with E-state index in [0.29, 0.717) is 35.2 Å². The summed E-state index contributed by atoms with van der Waals surface area (Å²) in [5, 5.41) is 1.13. The van der Waals surface area contributed by atoms with Crippen LogP contribution in [0.4, 0.5) is 9.52 Å². The van der Waals surface area contributed by atoms with Crippen LogP contribution >= 0.6 is 35.3 Å². The van der Waals surface area contributed by atoms with Crippen LogP contribution in [0, 0.1) is 0 Å². The molecule has 0 radical (unpaired) electrons.